The summed E-state index contributed by atoms with van der Waals surface area (Å²) in [6.07, 6.45) is 6.68. The third kappa shape index (κ3) is 4.04. The molecule has 1 aliphatic heterocycles. The molecule has 0 bridgehead atoms. The van der Waals surface area contributed by atoms with Crippen molar-refractivity contribution >= 4 is 28.0 Å². The van der Waals surface area contributed by atoms with Crippen LogP contribution < -0.4 is 5.56 Å². The Labute approximate surface area is 186 Å². The molecule has 5 rings (SSSR count). The number of benzene rings is 1. The van der Waals surface area contributed by atoms with Gasteiger partial charge in [0.15, 0.2) is 0 Å². The van der Waals surface area contributed by atoms with E-state index in [2.05, 4.69) is 41.1 Å². The van der Waals surface area contributed by atoms with E-state index >= 15 is 0 Å². The van der Waals surface area contributed by atoms with Gasteiger partial charge in [0.1, 0.15) is 4.83 Å². The van der Waals surface area contributed by atoms with Crippen LogP contribution in [-0.2, 0) is 24.2 Å². The van der Waals surface area contributed by atoms with Crippen molar-refractivity contribution < 1.29 is 4.79 Å². The number of hydrogen-bond donors (Lipinski definition) is 0. The van der Waals surface area contributed by atoms with E-state index in [0.29, 0.717) is 12.6 Å². The molecular formula is C24H28N4O2S. The number of rotatable bonds is 4. The van der Waals surface area contributed by atoms with Crippen molar-refractivity contribution in [1.29, 1.82) is 0 Å². The number of fused-ring (bicyclic) bond motifs is 3. The van der Waals surface area contributed by atoms with Crippen LogP contribution in [0.4, 0.5) is 0 Å². The van der Waals surface area contributed by atoms with Crippen molar-refractivity contribution in [1.82, 2.24) is 19.4 Å². The van der Waals surface area contributed by atoms with Gasteiger partial charge in [-0.15, -0.1) is 11.3 Å². The van der Waals surface area contributed by atoms with E-state index in [4.69, 9.17) is 0 Å². The number of thiophene rings is 1. The molecule has 0 spiro atoms. The number of aromatic nitrogens is 2. The van der Waals surface area contributed by atoms with Crippen LogP contribution >= 0.6 is 11.3 Å². The lowest BCUT2D eigenvalue weighted by atomic mass is 9.92. The smallest absolute Gasteiger partial charge is 0.262 e. The van der Waals surface area contributed by atoms with Crippen LogP contribution in [0.3, 0.4) is 0 Å². The highest BCUT2D eigenvalue weighted by molar-refractivity contribution is 7.18. The maximum absolute atomic E-state index is 13.3. The molecule has 0 N–H and O–H groups in total. The topological polar surface area (TPSA) is 58.4 Å². The number of aryl methyl sites for hydroxylation is 2. The summed E-state index contributed by atoms with van der Waals surface area (Å²) in [7, 11) is 0. The Hall–Kier alpha value is -2.51. The molecule has 7 heteroatoms. The van der Waals surface area contributed by atoms with Gasteiger partial charge >= 0.3 is 0 Å². The zero-order valence-electron chi connectivity index (χ0n) is 17.9. The average molecular weight is 437 g/mol. The summed E-state index contributed by atoms with van der Waals surface area (Å²) in [5, 5.41) is 0.830. The molecule has 2 aliphatic rings. The van der Waals surface area contributed by atoms with Gasteiger partial charge in [0.25, 0.3) is 5.56 Å². The maximum atomic E-state index is 13.3. The Bertz CT molecular complexity index is 1150. The Kier molecular flexibility index (Phi) is 5.63. The number of nitrogens with zero attached hydrogens (tertiary/aromatic N) is 4. The lowest BCUT2D eigenvalue weighted by Gasteiger charge is -2.33. The van der Waals surface area contributed by atoms with Crippen LogP contribution in [0.2, 0.25) is 0 Å². The molecule has 0 saturated carbocycles. The van der Waals surface area contributed by atoms with E-state index in [0.717, 1.165) is 74.1 Å². The van der Waals surface area contributed by atoms with Crippen molar-refractivity contribution in [3.05, 3.63) is 62.5 Å². The molecule has 162 valence electrons. The number of carbonyl (C=O) groups is 1. The van der Waals surface area contributed by atoms with Crippen molar-refractivity contribution in [2.45, 2.75) is 45.2 Å². The second-order valence-corrected chi connectivity index (χ2v) is 9.86. The fraction of sp³-hybridized carbons (Fsp3) is 0.458. The minimum atomic E-state index is 0.0814. The normalized spacial score (nSPS) is 19.9. The molecule has 1 aromatic carbocycles. The summed E-state index contributed by atoms with van der Waals surface area (Å²) in [4.78, 5) is 35.7. The summed E-state index contributed by atoms with van der Waals surface area (Å²) >= 11 is 1.69. The highest BCUT2D eigenvalue weighted by Crippen LogP contribution is 2.35. The molecule has 0 radical (unpaired) electrons. The first-order valence-electron chi connectivity index (χ1n) is 11.1. The van der Waals surface area contributed by atoms with E-state index in [9.17, 15) is 9.59 Å². The minimum Gasteiger partial charge on any atom is -0.344 e. The monoisotopic (exact) mass is 436 g/mol. The SMILES string of the molecule is Cc1ccc(Cn2cnc3sc4c(c3c2=O)CCC(N2CCCN(C=O)CC2)C4)cc1. The van der Waals surface area contributed by atoms with Gasteiger partial charge in [-0.25, -0.2) is 4.98 Å². The zero-order chi connectivity index (χ0) is 21.4. The quantitative estimate of drug-likeness (QED) is 0.590. The van der Waals surface area contributed by atoms with Gasteiger partial charge in [0.05, 0.1) is 18.3 Å². The first kappa shape index (κ1) is 20.4. The van der Waals surface area contributed by atoms with Gasteiger partial charge in [-0.1, -0.05) is 29.8 Å². The summed E-state index contributed by atoms with van der Waals surface area (Å²) in [5.41, 5.74) is 3.63. The molecule has 3 aromatic rings. The fourth-order valence-corrected chi connectivity index (χ4v) is 6.18. The van der Waals surface area contributed by atoms with Crippen LogP contribution in [0.15, 0.2) is 35.4 Å². The Morgan fingerprint density at radius 2 is 2.00 bits per heavy atom. The van der Waals surface area contributed by atoms with Gasteiger partial charge in [0, 0.05) is 37.1 Å². The maximum Gasteiger partial charge on any atom is 0.262 e. The van der Waals surface area contributed by atoms with Gasteiger partial charge in [-0.2, -0.15) is 0 Å². The van der Waals surface area contributed by atoms with E-state index < -0.39 is 0 Å². The standard InChI is InChI=1S/C24H28N4O2S/c1-17-3-5-18(6-4-17)14-28-15-25-23-22(24(28)30)20-8-7-19(13-21(20)31-23)27-10-2-9-26(16-29)11-12-27/h3-6,15-16,19H,2,7-14H2,1H3. The van der Waals surface area contributed by atoms with Crippen LogP contribution in [0, 0.1) is 6.92 Å². The molecule has 1 aliphatic carbocycles. The largest absolute Gasteiger partial charge is 0.344 e. The highest BCUT2D eigenvalue weighted by atomic mass is 32.1. The van der Waals surface area contributed by atoms with Gasteiger partial charge in [0.2, 0.25) is 6.41 Å². The van der Waals surface area contributed by atoms with Gasteiger partial charge < -0.3 is 4.90 Å². The first-order chi connectivity index (χ1) is 15.1. The van der Waals surface area contributed by atoms with Gasteiger partial charge in [-0.3, -0.25) is 19.1 Å². The van der Waals surface area contributed by atoms with Crippen molar-refractivity contribution in [2.24, 2.45) is 0 Å². The molecule has 1 atom stereocenters. The molecule has 1 unspecified atom stereocenters. The Morgan fingerprint density at radius 1 is 1.16 bits per heavy atom. The summed E-state index contributed by atoms with van der Waals surface area (Å²) in [6, 6.07) is 8.80. The van der Waals surface area contributed by atoms with Gasteiger partial charge in [-0.05, 0) is 43.7 Å². The zero-order valence-corrected chi connectivity index (χ0v) is 18.7. The van der Waals surface area contributed by atoms with E-state index in [1.165, 1.54) is 16.0 Å². The molecular weight excluding hydrogens is 408 g/mol. The number of amides is 1. The second kappa shape index (κ2) is 8.55. The third-order valence-corrected chi connectivity index (χ3v) is 7.88. The summed E-state index contributed by atoms with van der Waals surface area (Å²) < 4.78 is 1.74. The lowest BCUT2D eigenvalue weighted by molar-refractivity contribution is -0.118. The average Bonchev–Trinajstić information content (AvgIpc) is 2.98. The Balaban J connectivity index is 1.39. The second-order valence-electron chi connectivity index (χ2n) is 8.77. The van der Waals surface area contributed by atoms with Crippen molar-refractivity contribution in [3.63, 3.8) is 0 Å². The van der Waals surface area contributed by atoms with Crippen LogP contribution in [0.1, 0.15) is 34.4 Å². The molecule has 1 amide bonds. The van der Waals surface area contributed by atoms with Crippen molar-refractivity contribution in [3.8, 4) is 0 Å². The number of hydrogen-bond acceptors (Lipinski definition) is 5. The summed E-state index contributed by atoms with van der Waals surface area (Å²) in [5.74, 6) is 0. The van der Waals surface area contributed by atoms with Crippen LogP contribution in [0.5, 0.6) is 0 Å². The minimum absolute atomic E-state index is 0.0814. The van der Waals surface area contributed by atoms with E-state index in [-0.39, 0.29) is 5.56 Å². The predicted molar refractivity (Wildman–Crippen MR) is 124 cm³/mol. The fourth-order valence-electron chi connectivity index (χ4n) is 4.93. The van der Waals surface area contributed by atoms with Crippen LogP contribution in [0.25, 0.3) is 10.2 Å². The molecule has 1 fully saturated rings. The molecule has 3 heterocycles. The van der Waals surface area contributed by atoms with Crippen LogP contribution in [-0.4, -0.2) is 58.0 Å². The lowest BCUT2D eigenvalue weighted by Crippen LogP contribution is -2.41. The molecule has 1 saturated heterocycles. The highest BCUT2D eigenvalue weighted by Gasteiger charge is 2.29. The predicted octanol–water partition coefficient (Wildman–Crippen LogP) is 2.84. The van der Waals surface area contributed by atoms with Crippen molar-refractivity contribution in [2.75, 3.05) is 26.2 Å². The first-order valence-corrected chi connectivity index (χ1v) is 11.9. The van der Waals surface area contributed by atoms with E-state index in [1.54, 1.807) is 22.2 Å². The third-order valence-electron chi connectivity index (χ3n) is 6.71. The molecule has 2 aromatic heterocycles. The summed E-state index contributed by atoms with van der Waals surface area (Å²) in [6.45, 7) is 6.26. The molecule has 6 nitrogen and oxygen atoms in total. The number of carbonyl (C=O) groups excluding carboxylic acids is 1. The molecule has 31 heavy (non-hydrogen) atoms. The van der Waals surface area contributed by atoms with E-state index in [1.807, 2.05) is 4.90 Å². The Morgan fingerprint density at radius 3 is 2.81 bits per heavy atom.